The predicted molar refractivity (Wildman–Crippen MR) is 91.1 cm³/mol. The number of thiophene rings is 1. The maximum atomic E-state index is 12.5. The van der Waals surface area contributed by atoms with Crippen LogP contribution in [0.2, 0.25) is 0 Å². The molecule has 6 nitrogen and oxygen atoms in total. The summed E-state index contributed by atoms with van der Waals surface area (Å²) in [7, 11) is 0. The van der Waals surface area contributed by atoms with Crippen LogP contribution in [0.5, 0.6) is 0 Å². The average Bonchev–Trinajstić information content (AvgIpc) is 3.29. The first kappa shape index (κ1) is 16.1. The van der Waals surface area contributed by atoms with Gasteiger partial charge in [-0.05, 0) is 30.7 Å². The van der Waals surface area contributed by atoms with E-state index < -0.39 is 0 Å². The topological polar surface area (TPSA) is 61.9 Å². The van der Waals surface area contributed by atoms with Crippen molar-refractivity contribution in [3.63, 3.8) is 0 Å². The molecule has 0 aromatic carbocycles. The van der Waals surface area contributed by atoms with Gasteiger partial charge in [-0.3, -0.25) is 14.5 Å². The number of hydrogen-bond donors (Lipinski definition) is 1. The van der Waals surface area contributed by atoms with Crippen molar-refractivity contribution in [2.75, 3.05) is 39.4 Å². The lowest BCUT2D eigenvalue weighted by atomic mass is 9.89. The van der Waals surface area contributed by atoms with E-state index in [0.717, 1.165) is 44.5 Å². The lowest BCUT2D eigenvalue weighted by Crippen LogP contribution is -2.67. The summed E-state index contributed by atoms with van der Waals surface area (Å²) in [5.74, 6) is 0.231. The van der Waals surface area contributed by atoms with Crippen molar-refractivity contribution in [1.82, 2.24) is 15.1 Å². The quantitative estimate of drug-likeness (QED) is 0.863. The molecule has 3 aliphatic rings. The maximum absolute atomic E-state index is 12.5. The van der Waals surface area contributed by atoms with Gasteiger partial charge in [-0.25, -0.2) is 0 Å². The summed E-state index contributed by atoms with van der Waals surface area (Å²) >= 11 is 1.55. The standard InChI is InChI=1S/C17H23N3O3S/c21-15-9-20(17(11-18-15)4-7-23-12-17)14-1-5-19(6-2-14)16(22)13-3-8-24-10-13/h3,8,10,14H,1-2,4-7,9,11-12H2,(H,18,21). The van der Waals surface area contributed by atoms with Gasteiger partial charge in [-0.15, -0.1) is 0 Å². The summed E-state index contributed by atoms with van der Waals surface area (Å²) in [5.41, 5.74) is 0.745. The fourth-order valence-corrected chi connectivity index (χ4v) is 4.80. The predicted octanol–water partition coefficient (Wildman–Crippen LogP) is 0.944. The molecule has 1 unspecified atom stereocenters. The molecular formula is C17H23N3O3S. The van der Waals surface area contributed by atoms with Crippen LogP contribution in [-0.2, 0) is 9.53 Å². The normalized spacial score (nSPS) is 29.2. The van der Waals surface area contributed by atoms with Crippen LogP contribution in [0.3, 0.4) is 0 Å². The molecule has 0 bridgehead atoms. The van der Waals surface area contributed by atoms with Gasteiger partial charge >= 0.3 is 0 Å². The molecule has 2 amide bonds. The SMILES string of the molecule is O=C1CN(C2CCN(C(=O)c3ccsc3)CC2)C2(CCOC2)CN1. The van der Waals surface area contributed by atoms with Gasteiger partial charge < -0.3 is 15.0 Å². The van der Waals surface area contributed by atoms with Crippen molar-refractivity contribution in [3.05, 3.63) is 22.4 Å². The number of likely N-dealkylation sites (tertiary alicyclic amines) is 1. The van der Waals surface area contributed by atoms with E-state index in [-0.39, 0.29) is 17.4 Å². The van der Waals surface area contributed by atoms with Crippen LogP contribution in [-0.4, -0.2) is 72.6 Å². The van der Waals surface area contributed by atoms with Gasteiger partial charge in [-0.1, -0.05) is 0 Å². The Morgan fingerprint density at radius 3 is 2.88 bits per heavy atom. The molecule has 3 aliphatic heterocycles. The highest BCUT2D eigenvalue weighted by Gasteiger charge is 2.47. The van der Waals surface area contributed by atoms with Crippen molar-refractivity contribution in [3.8, 4) is 0 Å². The van der Waals surface area contributed by atoms with Gasteiger partial charge in [0.15, 0.2) is 0 Å². The Morgan fingerprint density at radius 1 is 1.38 bits per heavy atom. The fraction of sp³-hybridized carbons (Fsp3) is 0.647. The minimum Gasteiger partial charge on any atom is -0.379 e. The van der Waals surface area contributed by atoms with Crippen LogP contribution < -0.4 is 5.32 Å². The summed E-state index contributed by atoms with van der Waals surface area (Å²) in [5, 5.41) is 6.86. The molecule has 1 N–H and O–H groups in total. The number of rotatable bonds is 2. The zero-order valence-electron chi connectivity index (χ0n) is 13.7. The molecule has 0 aliphatic carbocycles. The number of piperazine rings is 1. The molecule has 0 saturated carbocycles. The lowest BCUT2D eigenvalue weighted by molar-refractivity contribution is -0.131. The number of ether oxygens (including phenoxy) is 1. The smallest absolute Gasteiger partial charge is 0.254 e. The number of nitrogens with zero attached hydrogens (tertiary/aromatic N) is 2. The number of hydrogen-bond acceptors (Lipinski definition) is 5. The highest BCUT2D eigenvalue weighted by Crippen LogP contribution is 2.33. The van der Waals surface area contributed by atoms with Crippen LogP contribution in [0.25, 0.3) is 0 Å². The molecule has 1 atom stereocenters. The monoisotopic (exact) mass is 349 g/mol. The average molecular weight is 349 g/mol. The summed E-state index contributed by atoms with van der Waals surface area (Å²) in [6, 6.07) is 2.24. The highest BCUT2D eigenvalue weighted by atomic mass is 32.1. The van der Waals surface area contributed by atoms with Crippen LogP contribution in [0.1, 0.15) is 29.6 Å². The van der Waals surface area contributed by atoms with Crippen LogP contribution >= 0.6 is 11.3 Å². The number of carbonyl (C=O) groups is 2. The minimum atomic E-state index is -0.0435. The number of nitrogens with one attached hydrogen (secondary N) is 1. The summed E-state index contributed by atoms with van der Waals surface area (Å²) in [6.45, 7) is 4.11. The molecule has 3 saturated heterocycles. The Balaban J connectivity index is 1.42. The van der Waals surface area contributed by atoms with Crippen LogP contribution in [0, 0.1) is 0 Å². The molecule has 24 heavy (non-hydrogen) atoms. The Morgan fingerprint density at radius 2 is 2.21 bits per heavy atom. The first-order valence-corrected chi connectivity index (χ1v) is 9.55. The summed E-state index contributed by atoms with van der Waals surface area (Å²) in [6.07, 6.45) is 2.82. The highest BCUT2D eigenvalue weighted by molar-refractivity contribution is 7.08. The molecule has 3 fully saturated rings. The van der Waals surface area contributed by atoms with Gasteiger partial charge in [0.25, 0.3) is 5.91 Å². The van der Waals surface area contributed by atoms with E-state index in [9.17, 15) is 9.59 Å². The van der Waals surface area contributed by atoms with E-state index in [1.54, 1.807) is 11.3 Å². The van der Waals surface area contributed by atoms with E-state index in [0.29, 0.717) is 25.7 Å². The minimum absolute atomic E-state index is 0.0435. The zero-order valence-corrected chi connectivity index (χ0v) is 14.5. The lowest BCUT2D eigenvalue weighted by Gasteiger charge is -2.49. The molecule has 7 heteroatoms. The van der Waals surface area contributed by atoms with Crippen LogP contribution in [0.15, 0.2) is 16.8 Å². The first-order valence-electron chi connectivity index (χ1n) is 8.61. The van der Waals surface area contributed by atoms with Gasteiger partial charge in [0.1, 0.15) is 0 Å². The Labute approximate surface area is 145 Å². The third-order valence-corrected chi connectivity index (χ3v) is 6.26. The van der Waals surface area contributed by atoms with Gasteiger partial charge in [-0.2, -0.15) is 11.3 Å². The Bertz CT molecular complexity index is 605. The molecular weight excluding hydrogens is 326 g/mol. The molecule has 1 spiro atoms. The zero-order chi connectivity index (χ0) is 16.6. The summed E-state index contributed by atoms with van der Waals surface area (Å²) in [4.78, 5) is 28.7. The third kappa shape index (κ3) is 2.85. The van der Waals surface area contributed by atoms with Gasteiger partial charge in [0.05, 0.1) is 24.3 Å². The van der Waals surface area contributed by atoms with E-state index >= 15 is 0 Å². The largest absolute Gasteiger partial charge is 0.379 e. The van der Waals surface area contributed by atoms with E-state index in [4.69, 9.17) is 4.74 Å². The number of amides is 2. The summed E-state index contributed by atoms with van der Waals surface area (Å²) < 4.78 is 5.65. The molecule has 1 aromatic rings. The Kier molecular flexibility index (Phi) is 4.32. The van der Waals surface area contributed by atoms with Crippen molar-refractivity contribution in [2.45, 2.75) is 30.8 Å². The fourth-order valence-electron chi connectivity index (χ4n) is 4.17. The van der Waals surface area contributed by atoms with Crippen molar-refractivity contribution >= 4 is 23.2 Å². The number of piperidine rings is 1. The van der Waals surface area contributed by atoms with E-state index in [2.05, 4.69) is 10.2 Å². The second-order valence-electron chi connectivity index (χ2n) is 6.97. The maximum Gasteiger partial charge on any atom is 0.254 e. The molecule has 130 valence electrons. The van der Waals surface area contributed by atoms with Crippen LogP contribution in [0.4, 0.5) is 0 Å². The van der Waals surface area contributed by atoms with Crippen molar-refractivity contribution in [1.29, 1.82) is 0 Å². The van der Waals surface area contributed by atoms with Gasteiger partial charge in [0.2, 0.25) is 5.91 Å². The Hall–Kier alpha value is -1.44. The molecule has 4 heterocycles. The van der Waals surface area contributed by atoms with Crippen molar-refractivity contribution in [2.24, 2.45) is 0 Å². The molecule has 4 rings (SSSR count). The second-order valence-corrected chi connectivity index (χ2v) is 7.75. The van der Waals surface area contributed by atoms with E-state index in [1.165, 1.54) is 0 Å². The molecule has 0 radical (unpaired) electrons. The first-order chi connectivity index (χ1) is 11.7. The molecule has 1 aromatic heterocycles. The van der Waals surface area contributed by atoms with Gasteiger partial charge in [0, 0.05) is 37.7 Å². The number of carbonyl (C=O) groups excluding carboxylic acids is 2. The van der Waals surface area contributed by atoms with E-state index in [1.807, 2.05) is 21.7 Å². The van der Waals surface area contributed by atoms with Crippen molar-refractivity contribution < 1.29 is 14.3 Å². The third-order valence-electron chi connectivity index (χ3n) is 5.58. The second kappa shape index (κ2) is 6.46.